The van der Waals surface area contributed by atoms with Crippen molar-refractivity contribution in [3.63, 3.8) is 0 Å². The molecule has 8 heteroatoms. The third kappa shape index (κ3) is 6.30. The number of anilines is 1. The summed E-state index contributed by atoms with van der Waals surface area (Å²) in [5.41, 5.74) is 1.46. The van der Waals surface area contributed by atoms with Gasteiger partial charge >= 0.3 is 6.03 Å². The quantitative estimate of drug-likeness (QED) is 0.470. The van der Waals surface area contributed by atoms with Gasteiger partial charge in [-0.2, -0.15) is 0 Å². The van der Waals surface area contributed by atoms with Crippen LogP contribution in [0.1, 0.15) is 16.1 Å². The van der Waals surface area contributed by atoms with Gasteiger partial charge in [-0.05, 0) is 54.1 Å². The van der Waals surface area contributed by atoms with E-state index in [9.17, 15) is 9.59 Å². The fourth-order valence-electron chi connectivity index (χ4n) is 2.61. The summed E-state index contributed by atoms with van der Waals surface area (Å²) in [6, 6.07) is 17.4. The van der Waals surface area contributed by atoms with E-state index in [1.54, 1.807) is 61.7 Å². The number of carbonyl (C=O) groups excluding carboxylic acids is 2. The molecule has 0 aliphatic heterocycles. The van der Waals surface area contributed by atoms with E-state index in [0.29, 0.717) is 31.1 Å². The van der Waals surface area contributed by atoms with Crippen molar-refractivity contribution in [1.82, 2.24) is 10.6 Å². The Morgan fingerprint density at radius 1 is 0.967 bits per heavy atom. The largest absolute Gasteiger partial charge is 0.497 e. The molecule has 0 saturated heterocycles. The van der Waals surface area contributed by atoms with Crippen LogP contribution in [0.25, 0.3) is 0 Å². The minimum absolute atomic E-state index is 0.231. The lowest BCUT2D eigenvalue weighted by molar-refractivity contribution is 0.0996. The highest BCUT2D eigenvalue weighted by Crippen LogP contribution is 2.16. The number of hydrogen-bond donors (Lipinski definition) is 3. The van der Waals surface area contributed by atoms with Gasteiger partial charge in [0.1, 0.15) is 18.1 Å². The summed E-state index contributed by atoms with van der Waals surface area (Å²) in [6.07, 6.45) is 1.44. The van der Waals surface area contributed by atoms with Gasteiger partial charge in [-0.1, -0.05) is 12.1 Å². The van der Waals surface area contributed by atoms with E-state index in [1.807, 2.05) is 6.07 Å². The summed E-state index contributed by atoms with van der Waals surface area (Å²) in [4.78, 5) is 24.0. The predicted molar refractivity (Wildman–Crippen MR) is 112 cm³/mol. The molecule has 0 bridgehead atoms. The molecular formula is C22H23N3O5. The van der Waals surface area contributed by atoms with Crippen LogP contribution in [0.15, 0.2) is 71.3 Å². The first-order valence-electron chi connectivity index (χ1n) is 9.36. The van der Waals surface area contributed by atoms with Gasteiger partial charge < -0.3 is 29.8 Å². The minimum Gasteiger partial charge on any atom is -0.497 e. The summed E-state index contributed by atoms with van der Waals surface area (Å²) in [5, 5.41) is 8.25. The number of amides is 3. The van der Waals surface area contributed by atoms with Gasteiger partial charge in [0.05, 0.1) is 19.9 Å². The summed E-state index contributed by atoms with van der Waals surface area (Å²) < 4.78 is 15.7. The lowest BCUT2D eigenvalue weighted by Gasteiger charge is -2.10. The van der Waals surface area contributed by atoms with E-state index in [-0.39, 0.29) is 17.7 Å². The molecule has 0 saturated carbocycles. The maximum absolute atomic E-state index is 12.0. The van der Waals surface area contributed by atoms with Gasteiger partial charge in [-0.15, -0.1) is 0 Å². The second-order valence-corrected chi connectivity index (χ2v) is 6.27. The maximum atomic E-state index is 12.0. The number of furan rings is 1. The minimum atomic E-state index is -0.334. The third-order valence-electron chi connectivity index (χ3n) is 4.10. The van der Waals surface area contributed by atoms with E-state index in [0.717, 1.165) is 11.3 Å². The molecule has 0 spiro atoms. The maximum Gasteiger partial charge on any atom is 0.315 e. The topological polar surface area (TPSA) is 102 Å². The number of benzene rings is 2. The summed E-state index contributed by atoms with van der Waals surface area (Å²) in [6.45, 7) is 1.01. The molecule has 156 valence electrons. The first kappa shape index (κ1) is 20.8. The molecule has 1 heterocycles. The Bertz CT molecular complexity index is 955. The molecule has 3 amide bonds. The van der Waals surface area contributed by atoms with Gasteiger partial charge in [0.2, 0.25) is 0 Å². The van der Waals surface area contributed by atoms with E-state index in [4.69, 9.17) is 13.9 Å². The van der Waals surface area contributed by atoms with Gasteiger partial charge in [0, 0.05) is 12.2 Å². The summed E-state index contributed by atoms with van der Waals surface area (Å²) in [5.74, 6) is 1.35. The van der Waals surface area contributed by atoms with Crippen LogP contribution in [0.5, 0.6) is 11.5 Å². The molecule has 0 unspecified atom stereocenters. The SMILES string of the molecule is COc1ccc(OCCNC(=O)NCc2cccc(NC(=O)c3ccco3)c2)cc1. The first-order chi connectivity index (χ1) is 14.6. The van der Waals surface area contributed by atoms with E-state index < -0.39 is 0 Å². The molecule has 1 aromatic heterocycles. The second kappa shape index (κ2) is 10.6. The van der Waals surface area contributed by atoms with Gasteiger partial charge in [0.25, 0.3) is 5.91 Å². The molecule has 0 aliphatic carbocycles. The molecule has 30 heavy (non-hydrogen) atoms. The highest BCUT2D eigenvalue weighted by Gasteiger charge is 2.09. The van der Waals surface area contributed by atoms with Crippen molar-refractivity contribution in [2.75, 3.05) is 25.6 Å². The normalized spacial score (nSPS) is 10.2. The number of methoxy groups -OCH3 is 1. The molecular weight excluding hydrogens is 386 g/mol. The van der Waals surface area contributed by atoms with Crippen molar-refractivity contribution < 1.29 is 23.5 Å². The lowest BCUT2D eigenvalue weighted by atomic mass is 10.2. The Labute approximate surface area is 174 Å². The molecule has 0 aliphatic rings. The fourth-order valence-corrected chi connectivity index (χ4v) is 2.61. The fraction of sp³-hybridized carbons (Fsp3) is 0.182. The number of carbonyl (C=O) groups is 2. The van der Waals surface area contributed by atoms with Crippen molar-refractivity contribution in [2.24, 2.45) is 0 Å². The average molecular weight is 409 g/mol. The third-order valence-corrected chi connectivity index (χ3v) is 4.10. The van der Waals surface area contributed by atoms with Gasteiger partial charge in [0.15, 0.2) is 5.76 Å². The molecule has 0 fully saturated rings. The monoisotopic (exact) mass is 409 g/mol. The summed E-state index contributed by atoms with van der Waals surface area (Å²) in [7, 11) is 1.60. The Morgan fingerprint density at radius 2 is 1.77 bits per heavy atom. The van der Waals surface area contributed by atoms with Crippen molar-refractivity contribution in [3.8, 4) is 11.5 Å². The van der Waals surface area contributed by atoms with E-state index in [2.05, 4.69) is 16.0 Å². The van der Waals surface area contributed by atoms with Gasteiger partial charge in [-0.25, -0.2) is 4.79 Å². The second-order valence-electron chi connectivity index (χ2n) is 6.27. The molecule has 0 atom stereocenters. The van der Waals surface area contributed by atoms with Crippen molar-refractivity contribution in [2.45, 2.75) is 6.54 Å². The Hall–Kier alpha value is -3.94. The predicted octanol–water partition coefficient (Wildman–Crippen LogP) is 3.42. The zero-order valence-electron chi connectivity index (χ0n) is 16.5. The van der Waals surface area contributed by atoms with Crippen LogP contribution in [-0.2, 0) is 6.54 Å². The molecule has 3 rings (SSSR count). The molecule has 2 aromatic carbocycles. The van der Waals surface area contributed by atoms with Crippen molar-refractivity contribution in [3.05, 3.63) is 78.3 Å². The lowest BCUT2D eigenvalue weighted by Crippen LogP contribution is -2.37. The summed E-state index contributed by atoms with van der Waals surface area (Å²) >= 11 is 0. The number of hydrogen-bond acceptors (Lipinski definition) is 5. The van der Waals surface area contributed by atoms with E-state index in [1.165, 1.54) is 6.26 Å². The highest BCUT2D eigenvalue weighted by atomic mass is 16.5. The Kier molecular flexibility index (Phi) is 7.32. The van der Waals surface area contributed by atoms with Crippen LogP contribution < -0.4 is 25.4 Å². The standard InChI is InChI=1S/C22H23N3O5/c1-28-18-7-9-19(10-8-18)29-13-11-23-22(27)24-15-16-4-2-5-17(14-16)25-21(26)20-6-3-12-30-20/h2-10,12,14H,11,13,15H2,1H3,(H,25,26)(H2,23,24,27). The van der Waals surface area contributed by atoms with Crippen LogP contribution in [0.4, 0.5) is 10.5 Å². The number of nitrogens with one attached hydrogen (secondary N) is 3. The van der Waals surface area contributed by atoms with Gasteiger partial charge in [-0.3, -0.25) is 4.79 Å². The zero-order chi connectivity index (χ0) is 21.2. The van der Waals surface area contributed by atoms with Crippen LogP contribution in [0.3, 0.4) is 0 Å². The smallest absolute Gasteiger partial charge is 0.315 e. The molecule has 3 aromatic rings. The van der Waals surface area contributed by atoms with Crippen LogP contribution in [0, 0.1) is 0 Å². The highest BCUT2D eigenvalue weighted by molar-refractivity contribution is 6.02. The zero-order valence-corrected chi connectivity index (χ0v) is 16.5. The van der Waals surface area contributed by atoms with E-state index >= 15 is 0 Å². The number of urea groups is 1. The number of rotatable bonds is 9. The molecule has 8 nitrogen and oxygen atoms in total. The molecule has 3 N–H and O–H groups in total. The average Bonchev–Trinajstić information content (AvgIpc) is 3.31. The Morgan fingerprint density at radius 3 is 2.50 bits per heavy atom. The molecule has 0 radical (unpaired) electrons. The van der Waals surface area contributed by atoms with Crippen LogP contribution in [-0.4, -0.2) is 32.2 Å². The Balaban J connectivity index is 1.37. The van der Waals surface area contributed by atoms with Crippen LogP contribution >= 0.6 is 0 Å². The van der Waals surface area contributed by atoms with Crippen LogP contribution in [0.2, 0.25) is 0 Å². The van der Waals surface area contributed by atoms with Crippen molar-refractivity contribution in [1.29, 1.82) is 0 Å². The number of ether oxygens (including phenoxy) is 2. The van der Waals surface area contributed by atoms with Crippen molar-refractivity contribution >= 4 is 17.6 Å². The first-order valence-corrected chi connectivity index (χ1v) is 9.36.